The Labute approximate surface area is 102 Å². The minimum Gasteiger partial charge on any atom is -0.491 e. The smallest absolute Gasteiger partial charge is 0.124 e. The number of hydrogen-bond donors (Lipinski definition) is 1. The van der Waals surface area contributed by atoms with Gasteiger partial charge in [-0.05, 0) is 25.3 Å². The second-order valence-electron chi connectivity index (χ2n) is 4.98. The normalized spacial score (nSPS) is 28.8. The molecular formula is C14H19NO2. The lowest BCUT2D eigenvalue weighted by Crippen LogP contribution is -2.37. The molecule has 0 bridgehead atoms. The lowest BCUT2D eigenvalue weighted by Gasteiger charge is -2.23. The third-order valence-electron chi connectivity index (χ3n) is 3.84. The van der Waals surface area contributed by atoms with Crippen molar-refractivity contribution in [2.24, 2.45) is 5.92 Å². The van der Waals surface area contributed by atoms with Gasteiger partial charge in [0, 0.05) is 18.2 Å². The fraction of sp³-hybridized carbons (Fsp3) is 0.571. The van der Waals surface area contributed by atoms with Crippen LogP contribution in [0, 0.1) is 5.92 Å². The Kier molecular flexibility index (Phi) is 3.04. The van der Waals surface area contributed by atoms with E-state index < -0.39 is 0 Å². The van der Waals surface area contributed by atoms with Crippen molar-refractivity contribution in [2.75, 3.05) is 19.8 Å². The van der Waals surface area contributed by atoms with Gasteiger partial charge in [0.15, 0.2) is 0 Å². The lowest BCUT2D eigenvalue weighted by molar-refractivity contribution is 0.175. The molecule has 3 heteroatoms. The molecule has 1 saturated heterocycles. The number of rotatable bonds is 3. The van der Waals surface area contributed by atoms with Gasteiger partial charge in [0.2, 0.25) is 0 Å². The molecule has 0 spiro atoms. The van der Waals surface area contributed by atoms with Crippen molar-refractivity contribution in [3.63, 3.8) is 0 Å². The summed E-state index contributed by atoms with van der Waals surface area (Å²) in [6, 6.07) is 9.11. The van der Waals surface area contributed by atoms with E-state index in [0.29, 0.717) is 18.0 Å². The molecular weight excluding hydrogens is 214 g/mol. The molecule has 3 nitrogen and oxygen atoms in total. The molecule has 0 saturated carbocycles. The minimum absolute atomic E-state index is 0.335. The Balaban J connectivity index is 1.66. The summed E-state index contributed by atoms with van der Waals surface area (Å²) in [5, 5.41) is 3.67. The highest BCUT2D eigenvalue weighted by molar-refractivity contribution is 5.39. The van der Waals surface area contributed by atoms with Crippen LogP contribution in [0.1, 0.15) is 24.9 Å². The monoisotopic (exact) mass is 233 g/mol. The number of fused-ring (bicyclic) bond motifs is 1. The minimum atomic E-state index is 0.335. The van der Waals surface area contributed by atoms with Crippen LogP contribution < -0.4 is 10.1 Å². The first-order valence-electron chi connectivity index (χ1n) is 6.40. The molecule has 0 aliphatic carbocycles. The van der Waals surface area contributed by atoms with Crippen molar-refractivity contribution < 1.29 is 9.47 Å². The number of benzene rings is 1. The first-order chi connectivity index (χ1) is 8.34. The summed E-state index contributed by atoms with van der Waals surface area (Å²) in [6.45, 7) is 4.80. The third-order valence-corrected chi connectivity index (χ3v) is 3.84. The van der Waals surface area contributed by atoms with Gasteiger partial charge < -0.3 is 14.8 Å². The van der Waals surface area contributed by atoms with E-state index in [1.807, 2.05) is 12.1 Å². The maximum Gasteiger partial charge on any atom is 0.124 e. The fourth-order valence-corrected chi connectivity index (χ4v) is 2.70. The van der Waals surface area contributed by atoms with Gasteiger partial charge in [-0.15, -0.1) is 0 Å². The van der Waals surface area contributed by atoms with E-state index in [-0.39, 0.29) is 0 Å². The van der Waals surface area contributed by atoms with Gasteiger partial charge in [-0.2, -0.15) is 0 Å². The topological polar surface area (TPSA) is 30.5 Å². The van der Waals surface area contributed by atoms with Gasteiger partial charge in [0.25, 0.3) is 0 Å². The van der Waals surface area contributed by atoms with Crippen LogP contribution >= 0.6 is 0 Å². The largest absolute Gasteiger partial charge is 0.491 e. The highest BCUT2D eigenvalue weighted by atomic mass is 16.5. The number of ether oxygens (including phenoxy) is 2. The van der Waals surface area contributed by atoms with Crippen LogP contribution in [0.2, 0.25) is 0 Å². The Morgan fingerprint density at radius 2 is 2.18 bits per heavy atom. The van der Waals surface area contributed by atoms with Crippen LogP contribution in [-0.4, -0.2) is 25.9 Å². The molecule has 17 heavy (non-hydrogen) atoms. The predicted molar refractivity (Wildman–Crippen MR) is 66.2 cm³/mol. The summed E-state index contributed by atoms with van der Waals surface area (Å²) in [4.78, 5) is 0. The average Bonchev–Trinajstić information content (AvgIpc) is 2.98. The van der Waals surface area contributed by atoms with E-state index in [0.717, 1.165) is 25.6 Å². The molecule has 3 atom stereocenters. The molecule has 1 N–H and O–H groups in total. The molecule has 1 aromatic carbocycles. The Bertz CT molecular complexity index is 388. The van der Waals surface area contributed by atoms with Crippen LogP contribution in [0.25, 0.3) is 0 Å². The highest BCUT2D eigenvalue weighted by Crippen LogP contribution is 2.32. The summed E-state index contributed by atoms with van der Waals surface area (Å²) in [7, 11) is 0. The zero-order chi connectivity index (χ0) is 11.7. The number of hydrogen-bond acceptors (Lipinski definition) is 3. The summed E-state index contributed by atoms with van der Waals surface area (Å²) in [6.07, 6.45) is 1.17. The fourth-order valence-electron chi connectivity index (χ4n) is 2.70. The standard InChI is InChI=1S/C14H19NO2/c1-10(11-6-7-16-8-11)15-13-9-17-14-5-3-2-4-12(13)14/h2-5,10-11,13,15H,6-9H2,1H3. The van der Waals surface area contributed by atoms with Gasteiger partial charge >= 0.3 is 0 Å². The van der Waals surface area contributed by atoms with Crippen LogP contribution in [0.3, 0.4) is 0 Å². The van der Waals surface area contributed by atoms with Crippen LogP contribution in [0.4, 0.5) is 0 Å². The van der Waals surface area contributed by atoms with E-state index in [1.54, 1.807) is 0 Å². The van der Waals surface area contributed by atoms with Gasteiger partial charge in [-0.3, -0.25) is 0 Å². The average molecular weight is 233 g/mol. The van der Waals surface area contributed by atoms with Crippen LogP contribution in [0.5, 0.6) is 5.75 Å². The van der Waals surface area contributed by atoms with Crippen molar-refractivity contribution in [1.29, 1.82) is 0 Å². The molecule has 0 amide bonds. The molecule has 2 heterocycles. The summed E-state index contributed by atoms with van der Waals surface area (Å²) in [5.74, 6) is 1.67. The van der Waals surface area contributed by atoms with E-state index in [2.05, 4.69) is 24.4 Å². The highest BCUT2D eigenvalue weighted by Gasteiger charge is 2.28. The molecule has 0 radical (unpaired) electrons. The molecule has 3 unspecified atom stereocenters. The summed E-state index contributed by atoms with van der Waals surface area (Å²) in [5.41, 5.74) is 1.29. The predicted octanol–water partition coefficient (Wildman–Crippen LogP) is 2.13. The molecule has 0 aromatic heterocycles. The van der Waals surface area contributed by atoms with Gasteiger partial charge in [0.05, 0.1) is 12.6 Å². The van der Waals surface area contributed by atoms with Crippen molar-refractivity contribution >= 4 is 0 Å². The van der Waals surface area contributed by atoms with E-state index in [1.165, 1.54) is 12.0 Å². The zero-order valence-corrected chi connectivity index (χ0v) is 10.2. The van der Waals surface area contributed by atoms with Gasteiger partial charge in [-0.25, -0.2) is 0 Å². The van der Waals surface area contributed by atoms with Crippen LogP contribution in [-0.2, 0) is 4.74 Å². The van der Waals surface area contributed by atoms with E-state index >= 15 is 0 Å². The van der Waals surface area contributed by atoms with Crippen LogP contribution in [0.15, 0.2) is 24.3 Å². The summed E-state index contributed by atoms with van der Waals surface area (Å²) < 4.78 is 11.1. The second kappa shape index (κ2) is 4.67. The Morgan fingerprint density at radius 3 is 3.00 bits per heavy atom. The second-order valence-corrected chi connectivity index (χ2v) is 4.98. The summed E-state index contributed by atoms with van der Waals surface area (Å²) >= 11 is 0. The first-order valence-corrected chi connectivity index (χ1v) is 6.40. The van der Waals surface area contributed by atoms with E-state index in [4.69, 9.17) is 9.47 Å². The van der Waals surface area contributed by atoms with Gasteiger partial charge in [-0.1, -0.05) is 18.2 Å². The van der Waals surface area contributed by atoms with E-state index in [9.17, 15) is 0 Å². The SMILES string of the molecule is CC(NC1COc2ccccc21)C1CCOC1. The molecule has 2 aliphatic rings. The first kappa shape index (κ1) is 11.1. The van der Waals surface area contributed by atoms with Crippen molar-refractivity contribution in [3.8, 4) is 5.75 Å². The Morgan fingerprint density at radius 1 is 1.29 bits per heavy atom. The van der Waals surface area contributed by atoms with Crippen molar-refractivity contribution in [1.82, 2.24) is 5.32 Å². The van der Waals surface area contributed by atoms with Crippen molar-refractivity contribution in [3.05, 3.63) is 29.8 Å². The molecule has 2 aliphatic heterocycles. The zero-order valence-electron chi connectivity index (χ0n) is 10.2. The van der Waals surface area contributed by atoms with Gasteiger partial charge in [0.1, 0.15) is 12.4 Å². The quantitative estimate of drug-likeness (QED) is 0.867. The number of nitrogens with one attached hydrogen (secondary N) is 1. The maximum atomic E-state index is 5.68. The third kappa shape index (κ3) is 2.17. The molecule has 1 fully saturated rings. The molecule has 92 valence electrons. The maximum absolute atomic E-state index is 5.68. The lowest BCUT2D eigenvalue weighted by atomic mass is 9.98. The Hall–Kier alpha value is -1.06. The number of para-hydroxylation sites is 1. The molecule has 1 aromatic rings. The molecule has 3 rings (SSSR count). The van der Waals surface area contributed by atoms with Crippen molar-refractivity contribution in [2.45, 2.75) is 25.4 Å².